The van der Waals surface area contributed by atoms with Crippen LogP contribution in [0.5, 0.6) is 0 Å². The van der Waals surface area contributed by atoms with Crippen molar-refractivity contribution in [3.05, 3.63) is 18.0 Å². The molecule has 0 aromatic carbocycles. The lowest BCUT2D eigenvalue weighted by Gasteiger charge is -2.35. The lowest BCUT2D eigenvalue weighted by Crippen LogP contribution is -2.44. The highest BCUT2D eigenvalue weighted by atomic mass is 16.2. The molecule has 0 saturated carbocycles. The number of likely N-dealkylation sites (tertiary alicyclic amines) is 1. The fourth-order valence-corrected chi connectivity index (χ4v) is 2.30. The van der Waals surface area contributed by atoms with Gasteiger partial charge >= 0.3 is 0 Å². The van der Waals surface area contributed by atoms with Crippen molar-refractivity contribution < 1.29 is 4.79 Å². The lowest BCUT2D eigenvalue weighted by molar-refractivity contribution is 0.0663. The van der Waals surface area contributed by atoms with Crippen molar-refractivity contribution in [2.24, 2.45) is 7.05 Å². The smallest absolute Gasteiger partial charge is 0.257 e. The summed E-state index contributed by atoms with van der Waals surface area (Å²) in [5.41, 5.74) is 0.691. The first-order chi connectivity index (χ1) is 8.08. The van der Waals surface area contributed by atoms with Gasteiger partial charge in [0.25, 0.3) is 5.91 Å². The first-order valence-corrected chi connectivity index (χ1v) is 6.02. The number of amides is 1. The Balaban J connectivity index is 1.95. The first-order valence-electron chi connectivity index (χ1n) is 6.02. The largest absolute Gasteiger partial charge is 0.338 e. The van der Waals surface area contributed by atoms with E-state index in [4.69, 9.17) is 0 Å². The molecule has 1 aromatic rings. The van der Waals surface area contributed by atoms with Gasteiger partial charge in [-0.05, 0) is 26.9 Å². The second-order valence-corrected chi connectivity index (χ2v) is 4.89. The highest BCUT2D eigenvalue weighted by Crippen LogP contribution is 2.16. The molecule has 94 valence electrons. The van der Waals surface area contributed by atoms with E-state index in [2.05, 4.69) is 24.1 Å². The van der Waals surface area contributed by atoms with Crippen LogP contribution >= 0.6 is 0 Å². The number of rotatable bonds is 2. The minimum atomic E-state index is 0.107. The van der Waals surface area contributed by atoms with E-state index in [0.29, 0.717) is 11.6 Å². The van der Waals surface area contributed by atoms with Crippen molar-refractivity contribution >= 4 is 5.91 Å². The van der Waals surface area contributed by atoms with Gasteiger partial charge in [-0.2, -0.15) is 5.10 Å². The zero-order chi connectivity index (χ0) is 12.4. The molecule has 1 fully saturated rings. The third-order valence-corrected chi connectivity index (χ3v) is 3.43. The van der Waals surface area contributed by atoms with Crippen LogP contribution in [-0.4, -0.2) is 58.7 Å². The fraction of sp³-hybridized carbons (Fsp3) is 0.667. The van der Waals surface area contributed by atoms with Crippen LogP contribution in [0.2, 0.25) is 0 Å². The quantitative estimate of drug-likeness (QED) is 0.754. The first kappa shape index (κ1) is 12.1. The molecule has 0 bridgehead atoms. The van der Waals surface area contributed by atoms with E-state index in [-0.39, 0.29) is 5.91 Å². The van der Waals surface area contributed by atoms with Gasteiger partial charge in [0.2, 0.25) is 0 Å². The molecule has 1 saturated heterocycles. The Bertz CT molecular complexity index is 391. The Kier molecular flexibility index (Phi) is 3.47. The number of aryl methyl sites for hydroxylation is 1. The maximum atomic E-state index is 12.1. The molecule has 0 N–H and O–H groups in total. The van der Waals surface area contributed by atoms with Crippen LogP contribution in [0, 0.1) is 0 Å². The van der Waals surface area contributed by atoms with Crippen LogP contribution in [0.4, 0.5) is 0 Å². The summed E-state index contributed by atoms with van der Waals surface area (Å²) < 4.78 is 1.67. The van der Waals surface area contributed by atoms with E-state index >= 15 is 0 Å². The van der Waals surface area contributed by atoms with Crippen molar-refractivity contribution in [1.82, 2.24) is 19.6 Å². The van der Waals surface area contributed by atoms with E-state index in [1.807, 2.05) is 11.9 Å². The molecule has 2 rings (SSSR count). The number of hydrogen-bond donors (Lipinski definition) is 0. The van der Waals surface area contributed by atoms with Gasteiger partial charge in [0.1, 0.15) is 0 Å². The van der Waals surface area contributed by atoms with Crippen molar-refractivity contribution in [2.45, 2.75) is 18.9 Å². The molecule has 2 heterocycles. The third-order valence-electron chi connectivity index (χ3n) is 3.43. The molecule has 17 heavy (non-hydrogen) atoms. The van der Waals surface area contributed by atoms with Gasteiger partial charge in [0.15, 0.2) is 0 Å². The van der Waals surface area contributed by atoms with E-state index in [0.717, 1.165) is 25.9 Å². The van der Waals surface area contributed by atoms with Gasteiger partial charge in [-0.1, -0.05) is 0 Å². The van der Waals surface area contributed by atoms with E-state index in [1.165, 1.54) is 0 Å². The number of carbonyl (C=O) groups excluding carboxylic acids is 1. The van der Waals surface area contributed by atoms with Gasteiger partial charge < -0.3 is 9.80 Å². The molecule has 1 aliphatic rings. The zero-order valence-corrected chi connectivity index (χ0v) is 10.8. The summed E-state index contributed by atoms with van der Waals surface area (Å²) in [6, 6.07) is 0.605. The lowest BCUT2D eigenvalue weighted by atomic mass is 10.0. The number of aromatic nitrogens is 2. The second-order valence-electron chi connectivity index (χ2n) is 4.89. The predicted molar refractivity (Wildman–Crippen MR) is 65.8 cm³/mol. The third kappa shape index (κ3) is 2.66. The molecule has 0 spiro atoms. The second kappa shape index (κ2) is 4.87. The Hall–Kier alpha value is -1.36. The van der Waals surface area contributed by atoms with E-state index < -0.39 is 0 Å². The van der Waals surface area contributed by atoms with Crippen LogP contribution in [0.3, 0.4) is 0 Å². The molecule has 0 atom stereocenters. The summed E-state index contributed by atoms with van der Waals surface area (Å²) in [6.07, 6.45) is 5.53. The summed E-state index contributed by atoms with van der Waals surface area (Å²) in [4.78, 5) is 16.3. The Morgan fingerprint density at radius 3 is 2.53 bits per heavy atom. The molecule has 0 aliphatic carbocycles. The average molecular weight is 236 g/mol. The van der Waals surface area contributed by atoms with Crippen LogP contribution in [0.25, 0.3) is 0 Å². The molecular formula is C12H20N4O. The molecule has 1 amide bonds. The van der Waals surface area contributed by atoms with Gasteiger partial charge in [-0.25, -0.2) is 0 Å². The van der Waals surface area contributed by atoms with Crippen molar-refractivity contribution in [2.75, 3.05) is 27.2 Å². The topological polar surface area (TPSA) is 41.4 Å². The van der Waals surface area contributed by atoms with Gasteiger partial charge in [-0.15, -0.1) is 0 Å². The summed E-state index contributed by atoms with van der Waals surface area (Å²) in [5.74, 6) is 0.107. The van der Waals surface area contributed by atoms with E-state index in [9.17, 15) is 4.79 Å². The van der Waals surface area contributed by atoms with Gasteiger partial charge in [-0.3, -0.25) is 9.48 Å². The van der Waals surface area contributed by atoms with Crippen molar-refractivity contribution in [3.8, 4) is 0 Å². The van der Waals surface area contributed by atoms with E-state index in [1.54, 1.807) is 17.1 Å². The molecule has 1 aliphatic heterocycles. The molecular weight excluding hydrogens is 216 g/mol. The van der Waals surface area contributed by atoms with Gasteiger partial charge in [0.05, 0.1) is 11.8 Å². The Morgan fingerprint density at radius 2 is 2.06 bits per heavy atom. The fourth-order valence-electron chi connectivity index (χ4n) is 2.30. The summed E-state index contributed by atoms with van der Waals surface area (Å²) in [7, 11) is 6.03. The summed E-state index contributed by atoms with van der Waals surface area (Å²) in [5, 5.41) is 4.04. The number of piperidine rings is 1. The Morgan fingerprint density at radius 1 is 1.41 bits per heavy atom. The van der Waals surface area contributed by atoms with Crippen LogP contribution in [0.1, 0.15) is 23.2 Å². The molecule has 0 radical (unpaired) electrons. The van der Waals surface area contributed by atoms with Crippen LogP contribution in [0.15, 0.2) is 12.4 Å². The number of nitrogens with zero attached hydrogens (tertiary/aromatic N) is 4. The normalized spacial score (nSPS) is 17.8. The maximum Gasteiger partial charge on any atom is 0.257 e. The molecule has 0 unspecified atom stereocenters. The monoisotopic (exact) mass is 236 g/mol. The number of carbonyl (C=O) groups is 1. The highest BCUT2D eigenvalue weighted by molar-refractivity contribution is 5.93. The maximum absolute atomic E-state index is 12.1. The summed E-state index contributed by atoms with van der Waals surface area (Å²) >= 11 is 0. The number of hydrogen-bond acceptors (Lipinski definition) is 3. The Labute approximate surface area is 102 Å². The zero-order valence-electron chi connectivity index (χ0n) is 10.8. The minimum Gasteiger partial charge on any atom is -0.338 e. The highest BCUT2D eigenvalue weighted by Gasteiger charge is 2.24. The SMILES string of the molecule is CN(C)C1CCN(C(=O)c2cnn(C)c2)CC1. The van der Waals surface area contributed by atoms with Gasteiger partial charge in [0, 0.05) is 32.4 Å². The molecule has 5 heteroatoms. The minimum absolute atomic E-state index is 0.107. The molecule has 5 nitrogen and oxygen atoms in total. The van der Waals surface area contributed by atoms with Crippen LogP contribution < -0.4 is 0 Å². The average Bonchev–Trinajstić information content (AvgIpc) is 2.75. The summed E-state index contributed by atoms with van der Waals surface area (Å²) in [6.45, 7) is 1.69. The van der Waals surface area contributed by atoms with Crippen molar-refractivity contribution in [3.63, 3.8) is 0 Å². The standard InChI is InChI=1S/C12H20N4O/c1-14(2)11-4-6-16(7-5-11)12(17)10-8-13-15(3)9-10/h8-9,11H,4-7H2,1-3H3. The van der Waals surface area contributed by atoms with Crippen LogP contribution in [-0.2, 0) is 7.05 Å². The van der Waals surface area contributed by atoms with Crippen molar-refractivity contribution in [1.29, 1.82) is 0 Å². The predicted octanol–water partition coefficient (Wildman–Crippen LogP) is 0.586. The molecule has 1 aromatic heterocycles.